The van der Waals surface area contributed by atoms with Crippen LogP contribution in [0.3, 0.4) is 0 Å². The maximum atomic E-state index is 12.5. The van der Waals surface area contributed by atoms with Crippen LogP contribution < -0.4 is 0 Å². The van der Waals surface area contributed by atoms with Crippen LogP contribution >= 0.6 is 0 Å². The minimum atomic E-state index is -4.00. The third kappa shape index (κ3) is 5.55. The number of rotatable bonds is 2. The minimum Gasteiger partial charge on any atom is -0.279 e. The maximum absolute atomic E-state index is 12.5. The molecule has 0 aliphatic carbocycles. The topological polar surface area (TPSA) is 43.4 Å². The highest BCUT2D eigenvalue weighted by atomic mass is 32.2. The zero-order valence-electron chi connectivity index (χ0n) is 6.97. The highest BCUT2D eigenvalue weighted by Gasteiger charge is 2.33. The first-order chi connectivity index (χ1) is 5.22. The fraction of sp³-hybridized carbons (Fsp3) is 1.00. The SMILES string of the molecule is COS(=O)(=O)C(C)(C)F.F[SiH2]F. The molecule has 0 aliphatic heterocycles. The highest BCUT2D eigenvalue weighted by Crippen LogP contribution is 2.17. The first-order valence-corrected chi connectivity index (χ1v) is 5.31. The van der Waals surface area contributed by atoms with Gasteiger partial charge in [-0.15, -0.1) is 0 Å². The maximum Gasteiger partial charge on any atom is 0.397 e. The van der Waals surface area contributed by atoms with E-state index in [9.17, 15) is 21.0 Å². The van der Waals surface area contributed by atoms with Gasteiger partial charge in [-0.2, -0.15) is 8.42 Å². The van der Waals surface area contributed by atoms with Crippen molar-refractivity contribution in [3.8, 4) is 0 Å². The summed E-state index contributed by atoms with van der Waals surface area (Å²) >= 11 is 0. The van der Waals surface area contributed by atoms with E-state index in [1.165, 1.54) is 0 Å². The Morgan fingerprint density at radius 2 is 1.58 bits per heavy atom. The second-order valence-electron chi connectivity index (χ2n) is 2.09. The van der Waals surface area contributed by atoms with Crippen LogP contribution in [0.5, 0.6) is 0 Å². The Morgan fingerprint density at radius 1 is 1.33 bits per heavy atom. The molecule has 0 rings (SSSR count). The van der Waals surface area contributed by atoms with Crippen LogP contribution in [0.2, 0.25) is 0 Å². The molecule has 0 aromatic rings. The Labute approximate surface area is 72.2 Å². The van der Waals surface area contributed by atoms with Gasteiger partial charge in [-0.3, -0.25) is 12.4 Å². The smallest absolute Gasteiger partial charge is 0.279 e. The predicted octanol–water partition coefficient (Wildman–Crippen LogP) is 0.592. The van der Waals surface area contributed by atoms with E-state index >= 15 is 0 Å². The van der Waals surface area contributed by atoms with Gasteiger partial charge in [0.15, 0.2) is 0 Å². The lowest BCUT2D eigenvalue weighted by atomic mass is 10.5. The molecule has 0 saturated heterocycles. The summed E-state index contributed by atoms with van der Waals surface area (Å²) in [5, 5.41) is -2.30. The molecular weight excluding hydrogens is 213 g/mol. The lowest BCUT2D eigenvalue weighted by molar-refractivity contribution is 0.271. The molecule has 0 N–H and O–H groups in total. The third-order valence-electron chi connectivity index (χ3n) is 0.814. The molecule has 8 heteroatoms. The van der Waals surface area contributed by atoms with Gasteiger partial charge in [0.2, 0.25) is 5.00 Å². The van der Waals surface area contributed by atoms with Crippen LogP contribution in [0.4, 0.5) is 12.6 Å². The molecule has 0 spiro atoms. The van der Waals surface area contributed by atoms with Crippen molar-refractivity contribution in [1.29, 1.82) is 0 Å². The highest BCUT2D eigenvalue weighted by molar-refractivity contribution is 7.87. The molecule has 0 saturated carbocycles. The molecule has 0 aromatic heterocycles. The average molecular weight is 224 g/mol. The van der Waals surface area contributed by atoms with Crippen molar-refractivity contribution in [2.45, 2.75) is 18.8 Å². The lowest BCUT2D eigenvalue weighted by Gasteiger charge is -2.11. The summed E-state index contributed by atoms with van der Waals surface area (Å²) in [6.07, 6.45) is 0. The van der Waals surface area contributed by atoms with Gasteiger partial charge in [-0.05, 0) is 13.8 Å². The van der Waals surface area contributed by atoms with Crippen LogP contribution in [0, 0.1) is 0 Å². The Hall–Kier alpha value is -0.0831. The van der Waals surface area contributed by atoms with E-state index in [0.29, 0.717) is 0 Å². The van der Waals surface area contributed by atoms with Crippen molar-refractivity contribution in [3.05, 3.63) is 0 Å². The summed E-state index contributed by atoms with van der Waals surface area (Å²) in [4.78, 5) is 0. The van der Waals surface area contributed by atoms with Crippen molar-refractivity contribution in [2.75, 3.05) is 7.11 Å². The van der Waals surface area contributed by atoms with Crippen LogP contribution in [-0.4, -0.2) is 30.7 Å². The van der Waals surface area contributed by atoms with Gasteiger partial charge in [0, 0.05) is 0 Å². The first-order valence-electron chi connectivity index (χ1n) is 2.84. The van der Waals surface area contributed by atoms with E-state index in [-0.39, 0.29) is 0 Å². The van der Waals surface area contributed by atoms with Gasteiger partial charge >= 0.3 is 20.3 Å². The predicted molar refractivity (Wildman–Crippen MR) is 41.9 cm³/mol. The van der Waals surface area contributed by atoms with E-state index in [4.69, 9.17) is 0 Å². The normalized spacial score (nSPS) is 11.8. The molecule has 0 unspecified atom stereocenters. The minimum absolute atomic E-state index is 0.922. The molecule has 0 aliphatic rings. The Kier molecular flexibility index (Phi) is 6.67. The number of halogens is 3. The summed E-state index contributed by atoms with van der Waals surface area (Å²) in [6, 6.07) is 0. The molecule has 0 amide bonds. The van der Waals surface area contributed by atoms with Gasteiger partial charge in [-0.1, -0.05) is 0 Å². The van der Waals surface area contributed by atoms with Crippen molar-refractivity contribution in [1.82, 2.24) is 0 Å². The van der Waals surface area contributed by atoms with Crippen LogP contribution in [0.25, 0.3) is 0 Å². The molecule has 0 bridgehead atoms. The number of hydrogen-bond donors (Lipinski definition) is 0. The zero-order valence-corrected chi connectivity index (χ0v) is 9.20. The number of alkyl halides is 1. The van der Waals surface area contributed by atoms with Gasteiger partial charge in [0.25, 0.3) is 0 Å². The van der Waals surface area contributed by atoms with E-state index in [1.807, 2.05) is 0 Å². The quantitative estimate of drug-likeness (QED) is 0.392. The second-order valence-corrected chi connectivity index (χ2v) is 4.50. The van der Waals surface area contributed by atoms with Crippen LogP contribution in [-0.2, 0) is 14.3 Å². The summed E-state index contributed by atoms with van der Waals surface area (Å²) in [5.74, 6) is 0. The summed E-state index contributed by atoms with van der Waals surface area (Å²) in [6.45, 7) is 1.84. The lowest BCUT2D eigenvalue weighted by Crippen LogP contribution is -2.27. The molecular formula is C4H11F3O3SSi. The summed E-state index contributed by atoms with van der Waals surface area (Å²) in [7, 11) is -5.66. The summed E-state index contributed by atoms with van der Waals surface area (Å²) < 4.78 is 56.7. The molecule has 0 aromatic carbocycles. The van der Waals surface area contributed by atoms with Gasteiger partial charge in [0.05, 0.1) is 7.11 Å². The van der Waals surface area contributed by atoms with Crippen LogP contribution in [0.1, 0.15) is 13.8 Å². The molecule has 0 radical (unpaired) electrons. The number of hydrogen-bond acceptors (Lipinski definition) is 3. The standard InChI is InChI=1S/C4H9FO3S.F2H2Si/c1-4(2,5)9(6,7)8-3;1-3-2/h1-3H3;3H2. The Bertz CT molecular complexity index is 198. The van der Waals surface area contributed by atoms with Crippen molar-refractivity contribution >= 4 is 20.3 Å². The fourth-order valence-corrected chi connectivity index (χ4v) is 0.594. The van der Waals surface area contributed by atoms with Crippen molar-refractivity contribution in [2.24, 2.45) is 0 Å². The van der Waals surface area contributed by atoms with Gasteiger partial charge < -0.3 is 0 Å². The molecule has 12 heavy (non-hydrogen) atoms. The van der Waals surface area contributed by atoms with E-state index in [1.54, 1.807) is 0 Å². The molecule has 0 atom stereocenters. The zero-order chi connectivity index (χ0) is 10.4. The Balaban J connectivity index is 0. The van der Waals surface area contributed by atoms with Crippen molar-refractivity contribution < 1.29 is 25.2 Å². The second kappa shape index (κ2) is 5.54. The molecule has 0 fully saturated rings. The average Bonchev–Trinajstić information content (AvgIpc) is 1.87. The molecule has 76 valence electrons. The van der Waals surface area contributed by atoms with Crippen molar-refractivity contribution in [3.63, 3.8) is 0 Å². The summed E-state index contributed by atoms with van der Waals surface area (Å²) in [5.41, 5.74) is 0. The Morgan fingerprint density at radius 3 is 1.58 bits per heavy atom. The molecule has 0 heterocycles. The largest absolute Gasteiger partial charge is 0.397 e. The molecule has 3 nitrogen and oxygen atoms in total. The fourth-order valence-electron chi connectivity index (χ4n) is 0.198. The third-order valence-corrected chi connectivity index (χ3v) is 2.44. The van der Waals surface area contributed by atoms with Crippen LogP contribution in [0.15, 0.2) is 0 Å². The van der Waals surface area contributed by atoms with E-state index in [2.05, 4.69) is 4.18 Å². The first kappa shape index (κ1) is 14.4. The van der Waals surface area contributed by atoms with E-state index < -0.39 is 25.3 Å². The van der Waals surface area contributed by atoms with E-state index in [0.717, 1.165) is 21.0 Å². The monoisotopic (exact) mass is 224 g/mol. The van der Waals surface area contributed by atoms with Gasteiger partial charge in [0.1, 0.15) is 0 Å². The van der Waals surface area contributed by atoms with Gasteiger partial charge in [-0.25, -0.2) is 4.39 Å².